The Hall–Kier alpha value is -4.34. The predicted octanol–water partition coefficient (Wildman–Crippen LogP) is 1.24. The maximum absolute atomic E-state index is 14.0. The molecule has 0 aliphatic rings. The van der Waals surface area contributed by atoms with Crippen molar-refractivity contribution in [2.75, 3.05) is 12.3 Å². The molecule has 14 nitrogen and oxygen atoms in total. The first kappa shape index (κ1) is 42.8. The molecule has 0 heterocycles. The first-order valence-corrected chi connectivity index (χ1v) is 18.9. The molecule has 0 unspecified atom stereocenters. The van der Waals surface area contributed by atoms with Crippen molar-refractivity contribution in [2.24, 2.45) is 17.6 Å². The molecule has 0 fully saturated rings. The Morgan fingerprint density at radius 3 is 1.63 bits per heavy atom. The number of nitrogens with one attached hydrogen (secondary N) is 5. The molecule has 0 aliphatic heterocycles. The highest BCUT2D eigenvalue weighted by atomic mass is 32.2. The molecule has 51 heavy (non-hydrogen) atoms. The summed E-state index contributed by atoms with van der Waals surface area (Å²) in [5, 5.41) is 13.5. The fraction of sp³-hybridized carbons (Fsp3) is 0.528. The van der Waals surface area contributed by atoms with Gasteiger partial charge in [0.05, 0.1) is 11.8 Å². The Bertz CT molecular complexity index is 1540. The number of unbranched alkanes of at least 4 members (excludes halogenated alkanes) is 1. The van der Waals surface area contributed by atoms with Gasteiger partial charge in [0.25, 0.3) is 10.1 Å². The van der Waals surface area contributed by atoms with Crippen LogP contribution in [-0.2, 0) is 46.9 Å². The van der Waals surface area contributed by atoms with Crippen LogP contribution in [0.3, 0.4) is 0 Å². The van der Waals surface area contributed by atoms with Crippen LogP contribution in [-0.4, -0.2) is 85.0 Å². The Balaban J connectivity index is 2.25. The van der Waals surface area contributed by atoms with E-state index in [9.17, 15) is 32.4 Å². The van der Waals surface area contributed by atoms with Crippen molar-refractivity contribution in [3.63, 3.8) is 0 Å². The highest BCUT2D eigenvalue weighted by molar-refractivity contribution is 7.85. The Morgan fingerprint density at radius 2 is 1.16 bits per heavy atom. The van der Waals surface area contributed by atoms with E-state index in [1.165, 1.54) is 6.92 Å². The molecule has 0 saturated heterocycles. The van der Waals surface area contributed by atoms with E-state index in [-0.39, 0.29) is 37.6 Å². The first-order chi connectivity index (χ1) is 24.0. The molecular formula is C36H54N6O8S. The SMILES string of the molecule is CC(C)C[C@@H](N)C(=O)N[C@@H](C(=O)N[C@H](Cc1ccccc1)C(=O)N[C@H](Cc1ccccc1)C(=O)N[C@H](C)C(=O)NCCCCS(=O)(=O)O)C(C)C. The summed E-state index contributed by atoms with van der Waals surface area (Å²) in [4.78, 5) is 66.8. The van der Waals surface area contributed by atoms with Gasteiger partial charge in [-0.25, -0.2) is 0 Å². The van der Waals surface area contributed by atoms with Gasteiger partial charge in [-0.1, -0.05) is 88.4 Å². The molecule has 0 spiro atoms. The minimum atomic E-state index is -4.10. The quantitative estimate of drug-likeness (QED) is 0.0724. The molecule has 2 aromatic rings. The van der Waals surface area contributed by atoms with Gasteiger partial charge >= 0.3 is 0 Å². The van der Waals surface area contributed by atoms with Crippen molar-refractivity contribution < 1.29 is 36.9 Å². The fourth-order valence-electron chi connectivity index (χ4n) is 5.22. The predicted molar refractivity (Wildman–Crippen MR) is 195 cm³/mol. The summed E-state index contributed by atoms with van der Waals surface area (Å²) in [5.74, 6) is -3.48. The molecule has 5 amide bonds. The van der Waals surface area contributed by atoms with Crippen LogP contribution in [0.15, 0.2) is 60.7 Å². The van der Waals surface area contributed by atoms with E-state index in [1.54, 1.807) is 62.4 Å². The van der Waals surface area contributed by atoms with E-state index in [4.69, 9.17) is 10.3 Å². The maximum atomic E-state index is 14.0. The number of benzene rings is 2. The van der Waals surface area contributed by atoms with Gasteiger partial charge < -0.3 is 32.3 Å². The summed E-state index contributed by atoms with van der Waals surface area (Å²) >= 11 is 0. The van der Waals surface area contributed by atoms with Crippen LogP contribution in [0.4, 0.5) is 0 Å². The average molecular weight is 731 g/mol. The largest absolute Gasteiger partial charge is 0.354 e. The Labute approximate surface area is 301 Å². The summed E-state index contributed by atoms with van der Waals surface area (Å²) < 4.78 is 30.7. The lowest BCUT2D eigenvalue weighted by molar-refractivity contribution is -0.135. The summed E-state index contributed by atoms with van der Waals surface area (Å²) in [6.45, 7) is 9.00. The van der Waals surface area contributed by atoms with E-state index in [0.717, 1.165) is 11.1 Å². The summed E-state index contributed by atoms with van der Waals surface area (Å²) in [6, 6.07) is 12.9. The van der Waals surface area contributed by atoms with Crippen molar-refractivity contribution in [2.45, 2.75) is 96.9 Å². The van der Waals surface area contributed by atoms with E-state index in [0.29, 0.717) is 12.8 Å². The number of nitrogens with two attached hydrogens (primary N) is 1. The van der Waals surface area contributed by atoms with E-state index < -0.39 is 75.6 Å². The fourth-order valence-corrected chi connectivity index (χ4v) is 5.78. The van der Waals surface area contributed by atoms with Crippen LogP contribution in [0.2, 0.25) is 0 Å². The molecule has 8 N–H and O–H groups in total. The normalized spacial score (nSPS) is 14.5. The van der Waals surface area contributed by atoms with Crippen LogP contribution in [0, 0.1) is 11.8 Å². The minimum absolute atomic E-state index is 0.0762. The second-order valence-corrected chi connectivity index (χ2v) is 15.1. The van der Waals surface area contributed by atoms with Gasteiger partial charge in [-0.2, -0.15) is 8.42 Å². The molecule has 0 aromatic heterocycles. The molecule has 15 heteroatoms. The summed E-state index contributed by atoms with van der Waals surface area (Å²) in [5.41, 5.74) is 7.55. The highest BCUT2D eigenvalue weighted by Crippen LogP contribution is 2.10. The number of amides is 5. The summed E-state index contributed by atoms with van der Waals surface area (Å²) in [6.07, 6.45) is 1.02. The van der Waals surface area contributed by atoms with Crippen LogP contribution < -0.4 is 32.3 Å². The van der Waals surface area contributed by atoms with Crippen molar-refractivity contribution in [1.82, 2.24) is 26.6 Å². The lowest BCUT2D eigenvalue weighted by atomic mass is 9.99. The maximum Gasteiger partial charge on any atom is 0.264 e. The summed E-state index contributed by atoms with van der Waals surface area (Å²) in [7, 11) is -4.10. The zero-order chi connectivity index (χ0) is 38.1. The molecule has 2 aromatic carbocycles. The van der Waals surface area contributed by atoms with Crippen LogP contribution in [0.5, 0.6) is 0 Å². The second-order valence-electron chi connectivity index (χ2n) is 13.5. The van der Waals surface area contributed by atoms with Gasteiger partial charge in [-0.15, -0.1) is 0 Å². The number of carbonyl (C=O) groups excluding carboxylic acids is 5. The molecule has 0 radical (unpaired) electrons. The van der Waals surface area contributed by atoms with Crippen molar-refractivity contribution in [3.8, 4) is 0 Å². The number of carbonyl (C=O) groups is 5. The van der Waals surface area contributed by atoms with Crippen LogP contribution >= 0.6 is 0 Å². The lowest BCUT2D eigenvalue weighted by Crippen LogP contribution is -2.60. The van der Waals surface area contributed by atoms with Crippen molar-refractivity contribution in [3.05, 3.63) is 71.8 Å². The van der Waals surface area contributed by atoms with Crippen molar-refractivity contribution >= 4 is 39.7 Å². The van der Waals surface area contributed by atoms with E-state index >= 15 is 0 Å². The van der Waals surface area contributed by atoms with Crippen LogP contribution in [0.1, 0.15) is 65.0 Å². The van der Waals surface area contributed by atoms with Gasteiger partial charge in [0.1, 0.15) is 24.2 Å². The molecule has 282 valence electrons. The topological polar surface area (TPSA) is 226 Å². The third kappa shape index (κ3) is 16.5. The number of hydrogen-bond donors (Lipinski definition) is 7. The molecule has 0 aliphatic carbocycles. The minimum Gasteiger partial charge on any atom is -0.354 e. The molecule has 0 bridgehead atoms. The highest BCUT2D eigenvalue weighted by Gasteiger charge is 2.32. The van der Waals surface area contributed by atoms with E-state index in [1.807, 2.05) is 26.0 Å². The monoisotopic (exact) mass is 730 g/mol. The number of rotatable bonds is 21. The molecular weight excluding hydrogens is 676 g/mol. The molecule has 0 saturated carbocycles. The number of hydrogen-bond acceptors (Lipinski definition) is 8. The van der Waals surface area contributed by atoms with Gasteiger partial charge in [0.15, 0.2) is 0 Å². The second kappa shape index (κ2) is 21.1. The first-order valence-electron chi connectivity index (χ1n) is 17.2. The molecule has 5 atom stereocenters. The Morgan fingerprint density at radius 1 is 0.667 bits per heavy atom. The van der Waals surface area contributed by atoms with Crippen molar-refractivity contribution in [1.29, 1.82) is 0 Å². The van der Waals surface area contributed by atoms with Gasteiger partial charge in [0.2, 0.25) is 29.5 Å². The standard InChI is InChI=1S/C36H54N6O8S/c1-23(2)20-28(37)33(44)42-31(24(3)4)36(47)41-30(22-27-16-10-7-11-17-27)35(46)40-29(21-26-14-8-6-9-15-26)34(45)39-25(5)32(43)38-18-12-13-19-51(48,49)50/h6-11,14-17,23-25,28-31H,12-13,18-22,37H2,1-5H3,(H,38,43)(H,39,45)(H,40,46)(H,41,47)(H,42,44)(H,48,49,50)/t25-,28-,29-,30-,31-/m1/s1. The zero-order valence-corrected chi connectivity index (χ0v) is 30.9. The Kier molecular flexibility index (Phi) is 17.7. The zero-order valence-electron chi connectivity index (χ0n) is 30.1. The van der Waals surface area contributed by atoms with E-state index in [2.05, 4.69) is 26.6 Å². The third-order valence-electron chi connectivity index (χ3n) is 8.02. The lowest BCUT2D eigenvalue weighted by Gasteiger charge is -2.28. The smallest absolute Gasteiger partial charge is 0.264 e. The van der Waals surface area contributed by atoms with Gasteiger partial charge in [-0.3, -0.25) is 28.5 Å². The van der Waals surface area contributed by atoms with Crippen LogP contribution in [0.25, 0.3) is 0 Å². The van der Waals surface area contributed by atoms with Gasteiger partial charge in [0, 0.05) is 19.4 Å². The molecule has 2 rings (SSSR count). The van der Waals surface area contributed by atoms with Gasteiger partial charge in [-0.05, 0) is 49.1 Å². The average Bonchev–Trinajstić information content (AvgIpc) is 3.05. The third-order valence-corrected chi connectivity index (χ3v) is 8.83.